The molecule has 0 amide bonds. The molecule has 0 spiro atoms. The van der Waals surface area contributed by atoms with Crippen LogP contribution in [0.4, 0.5) is 0 Å². The number of carbonyl (C=O) groups is 2. The molecule has 2 aromatic rings. The molecule has 0 saturated carbocycles. The molecule has 0 N–H and O–H groups in total. The number of hydrogen-bond donors (Lipinski definition) is 0. The van der Waals surface area contributed by atoms with Crippen LogP contribution in [0.1, 0.15) is 30.1 Å². The van der Waals surface area contributed by atoms with Crippen LogP contribution in [-0.4, -0.2) is 37.6 Å². The van der Waals surface area contributed by atoms with Gasteiger partial charge in [0.15, 0.2) is 5.78 Å². The third-order valence-corrected chi connectivity index (χ3v) is 6.88. The van der Waals surface area contributed by atoms with Crippen molar-refractivity contribution in [2.45, 2.75) is 24.7 Å². The zero-order valence-corrected chi connectivity index (χ0v) is 16.9. The summed E-state index contributed by atoms with van der Waals surface area (Å²) < 4.78 is 32.3. The summed E-state index contributed by atoms with van der Waals surface area (Å²) in [5.74, 6) is -0.439. The van der Waals surface area contributed by atoms with Crippen molar-refractivity contribution in [3.8, 4) is 5.75 Å². The van der Waals surface area contributed by atoms with Gasteiger partial charge in [0.1, 0.15) is 5.75 Å². The maximum Gasteiger partial charge on any atom is 0.314 e. The van der Waals surface area contributed by atoms with Crippen LogP contribution in [0, 0.1) is 5.92 Å². The number of ether oxygens (including phenoxy) is 1. The van der Waals surface area contributed by atoms with Gasteiger partial charge in [-0.25, -0.2) is 8.42 Å². The number of esters is 1. The summed E-state index contributed by atoms with van der Waals surface area (Å²) >= 11 is 5.81. The lowest BCUT2D eigenvalue weighted by Crippen LogP contribution is -2.41. The van der Waals surface area contributed by atoms with Crippen molar-refractivity contribution in [2.24, 2.45) is 5.92 Å². The minimum Gasteiger partial charge on any atom is -0.426 e. The smallest absolute Gasteiger partial charge is 0.314 e. The number of hydrogen-bond acceptors (Lipinski definition) is 5. The van der Waals surface area contributed by atoms with Crippen LogP contribution < -0.4 is 4.74 Å². The first-order valence-electron chi connectivity index (χ1n) is 8.86. The summed E-state index contributed by atoms with van der Waals surface area (Å²) in [7, 11) is -3.66. The summed E-state index contributed by atoms with van der Waals surface area (Å²) in [6, 6.07) is 12.4. The molecule has 2 aromatic carbocycles. The molecule has 0 radical (unpaired) electrons. The predicted octanol–water partition coefficient (Wildman–Crippen LogP) is 3.55. The lowest BCUT2D eigenvalue weighted by atomic mass is 9.98. The third kappa shape index (κ3) is 4.60. The molecule has 3 rings (SSSR count). The Labute approximate surface area is 169 Å². The minimum absolute atomic E-state index is 0.121. The predicted molar refractivity (Wildman–Crippen MR) is 105 cm³/mol. The molecule has 28 heavy (non-hydrogen) atoms. The summed E-state index contributed by atoms with van der Waals surface area (Å²) in [4.78, 5) is 23.8. The monoisotopic (exact) mass is 421 g/mol. The fourth-order valence-electron chi connectivity index (χ4n) is 3.04. The van der Waals surface area contributed by atoms with Crippen molar-refractivity contribution < 1.29 is 22.7 Å². The Hall–Kier alpha value is -2.22. The van der Waals surface area contributed by atoms with Gasteiger partial charge >= 0.3 is 5.97 Å². The van der Waals surface area contributed by atoms with Crippen LogP contribution in [0.3, 0.4) is 0 Å². The zero-order chi connectivity index (χ0) is 20.3. The van der Waals surface area contributed by atoms with Crippen LogP contribution in [0.2, 0.25) is 5.02 Å². The highest BCUT2D eigenvalue weighted by Crippen LogP contribution is 2.26. The van der Waals surface area contributed by atoms with Crippen LogP contribution in [0.15, 0.2) is 53.4 Å². The molecule has 1 fully saturated rings. The lowest BCUT2D eigenvalue weighted by molar-refractivity contribution is -0.140. The normalized spacial score (nSPS) is 15.9. The van der Waals surface area contributed by atoms with E-state index in [4.69, 9.17) is 16.3 Å². The standard InChI is InChI=1S/C20H20ClNO5S/c1-14(23)15-2-8-19(9-3-15)28(25,26)22-12-10-16(11-13-22)20(24)27-18-6-4-17(21)5-7-18/h2-9,16H,10-13H2,1H3. The summed E-state index contributed by atoms with van der Waals surface area (Å²) in [6.07, 6.45) is 0.772. The van der Waals surface area contributed by atoms with Gasteiger partial charge in [0.05, 0.1) is 10.8 Å². The fourth-order valence-corrected chi connectivity index (χ4v) is 4.64. The van der Waals surface area contributed by atoms with Gasteiger partial charge < -0.3 is 4.74 Å². The SMILES string of the molecule is CC(=O)c1ccc(S(=O)(=O)N2CCC(C(=O)Oc3ccc(Cl)cc3)CC2)cc1. The Balaban J connectivity index is 1.61. The lowest BCUT2D eigenvalue weighted by Gasteiger charge is -2.30. The van der Waals surface area contributed by atoms with Gasteiger partial charge in [0.25, 0.3) is 0 Å². The second-order valence-corrected chi connectivity index (χ2v) is 9.01. The van der Waals surface area contributed by atoms with Crippen molar-refractivity contribution >= 4 is 33.4 Å². The largest absolute Gasteiger partial charge is 0.426 e. The summed E-state index contributed by atoms with van der Waals surface area (Å²) in [6.45, 7) is 1.89. The van der Waals surface area contributed by atoms with Crippen molar-refractivity contribution in [1.29, 1.82) is 0 Å². The minimum atomic E-state index is -3.66. The number of piperidine rings is 1. The molecule has 6 nitrogen and oxygen atoms in total. The number of sulfonamides is 1. The molecule has 0 atom stereocenters. The van der Waals surface area contributed by atoms with Gasteiger partial charge in [-0.1, -0.05) is 23.7 Å². The van der Waals surface area contributed by atoms with Gasteiger partial charge in [0.2, 0.25) is 10.0 Å². The maximum atomic E-state index is 12.8. The molecule has 1 aliphatic heterocycles. The highest BCUT2D eigenvalue weighted by molar-refractivity contribution is 7.89. The fraction of sp³-hybridized carbons (Fsp3) is 0.300. The van der Waals surface area contributed by atoms with E-state index in [1.54, 1.807) is 24.3 Å². The molecule has 1 aliphatic rings. The molecule has 0 aromatic heterocycles. The van der Waals surface area contributed by atoms with Crippen molar-refractivity contribution in [2.75, 3.05) is 13.1 Å². The van der Waals surface area contributed by atoms with E-state index in [0.717, 1.165) is 0 Å². The zero-order valence-electron chi connectivity index (χ0n) is 15.3. The third-order valence-electron chi connectivity index (χ3n) is 4.72. The Kier molecular flexibility index (Phi) is 6.17. The Morgan fingerprint density at radius 2 is 1.57 bits per heavy atom. The average molecular weight is 422 g/mol. The first kappa shape index (κ1) is 20.5. The number of halogens is 1. The second kappa shape index (κ2) is 8.43. The van der Waals surface area contributed by atoms with E-state index < -0.39 is 10.0 Å². The van der Waals surface area contributed by atoms with Gasteiger partial charge in [0, 0.05) is 23.7 Å². The first-order valence-corrected chi connectivity index (χ1v) is 10.7. The number of ketones is 1. The van der Waals surface area contributed by atoms with Crippen molar-refractivity contribution in [3.63, 3.8) is 0 Å². The second-order valence-electron chi connectivity index (χ2n) is 6.63. The quantitative estimate of drug-likeness (QED) is 0.419. The molecule has 0 unspecified atom stereocenters. The van der Waals surface area contributed by atoms with E-state index in [1.165, 1.54) is 35.5 Å². The van der Waals surface area contributed by atoms with E-state index in [1.807, 2.05) is 0 Å². The van der Waals surface area contributed by atoms with Gasteiger partial charge in [-0.3, -0.25) is 9.59 Å². The summed E-state index contributed by atoms with van der Waals surface area (Å²) in [5, 5.41) is 0.551. The molecule has 0 aliphatic carbocycles. The Bertz CT molecular complexity index is 963. The van der Waals surface area contributed by atoms with Crippen molar-refractivity contribution in [3.05, 3.63) is 59.1 Å². The van der Waals surface area contributed by atoms with E-state index in [2.05, 4.69) is 0 Å². The maximum absolute atomic E-state index is 12.8. The van der Waals surface area contributed by atoms with E-state index in [-0.39, 0.29) is 35.7 Å². The number of nitrogens with zero attached hydrogens (tertiary/aromatic N) is 1. The molecule has 8 heteroatoms. The van der Waals surface area contributed by atoms with Gasteiger partial charge in [-0.2, -0.15) is 4.31 Å². The highest BCUT2D eigenvalue weighted by atomic mass is 35.5. The van der Waals surface area contributed by atoms with Crippen LogP contribution >= 0.6 is 11.6 Å². The number of rotatable bonds is 5. The topological polar surface area (TPSA) is 80.8 Å². The number of Topliss-reactive ketones (excluding diaryl/α,β-unsaturated/α-hetero) is 1. The van der Waals surface area contributed by atoms with E-state index in [9.17, 15) is 18.0 Å². The highest BCUT2D eigenvalue weighted by Gasteiger charge is 2.33. The molecular formula is C20H20ClNO5S. The molecule has 1 saturated heterocycles. The average Bonchev–Trinajstić information content (AvgIpc) is 2.70. The van der Waals surface area contributed by atoms with E-state index >= 15 is 0 Å². The first-order chi connectivity index (χ1) is 13.3. The Morgan fingerprint density at radius 3 is 2.11 bits per heavy atom. The van der Waals surface area contributed by atoms with Crippen LogP contribution in [0.25, 0.3) is 0 Å². The number of carbonyl (C=O) groups excluding carboxylic acids is 2. The van der Waals surface area contributed by atoms with Crippen LogP contribution in [0.5, 0.6) is 5.75 Å². The van der Waals surface area contributed by atoms with Crippen molar-refractivity contribution in [1.82, 2.24) is 4.31 Å². The van der Waals surface area contributed by atoms with Crippen LogP contribution in [-0.2, 0) is 14.8 Å². The van der Waals surface area contributed by atoms with Gasteiger partial charge in [-0.05, 0) is 56.2 Å². The Morgan fingerprint density at radius 1 is 1.00 bits per heavy atom. The molecular weight excluding hydrogens is 402 g/mol. The van der Waals surface area contributed by atoms with E-state index in [0.29, 0.717) is 29.2 Å². The summed E-state index contributed by atoms with van der Waals surface area (Å²) in [5.41, 5.74) is 0.461. The van der Waals surface area contributed by atoms with Gasteiger partial charge in [-0.15, -0.1) is 0 Å². The molecule has 1 heterocycles. The molecule has 0 bridgehead atoms. The number of benzene rings is 2. The molecule has 148 valence electrons.